The predicted molar refractivity (Wildman–Crippen MR) is 178 cm³/mol. The summed E-state index contributed by atoms with van der Waals surface area (Å²) < 4.78 is 18.8. The molecule has 47 heavy (non-hydrogen) atoms. The van der Waals surface area contributed by atoms with Gasteiger partial charge in [0.15, 0.2) is 5.75 Å². The molecule has 1 aliphatic heterocycles. The Kier molecular flexibility index (Phi) is 9.48. The average molecular weight is 683 g/mol. The van der Waals surface area contributed by atoms with E-state index in [0.29, 0.717) is 11.4 Å². The fraction of sp³-hybridized carbons (Fsp3) is 0.303. The van der Waals surface area contributed by atoms with Crippen LogP contribution in [0.2, 0.25) is 10.0 Å². The van der Waals surface area contributed by atoms with E-state index in [4.69, 9.17) is 37.4 Å². The number of rotatable bonds is 9. The van der Waals surface area contributed by atoms with E-state index in [1.54, 1.807) is 52.8 Å². The molecule has 12 nitrogen and oxygen atoms in total. The van der Waals surface area contributed by atoms with Crippen molar-refractivity contribution >= 4 is 46.7 Å². The van der Waals surface area contributed by atoms with Gasteiger partial charge in [-0.05, 0) is 76.1 Å². The van der Waals surface area contributed by atoms with Crippen LogP contribution in [0, 0.1) is 0 Å². The standard InChI is InChI=1S/C33H33Cl2N5O7/c1-32(2,3)47-30(43)37-27-28(41)39(13-14-45-18-19-9-7-6-8-10-19)31(44)40(38-27)20-15-23(34)26(24(35)16-20)46-21-11-12-25-22(17-21)33(4,5)29(42)36-25/h6-12,15-17H,13-14,18H2,1-5H3,(H,36,42)(H,37,38,43). The van der Waals surface area contributed by atoms with Gasteiger partial charge in [-0.1, -0.05) is 53.5 Å². The zero-order valence-corrected chi connectivity index (χ0v) is 27.9. The molecule has 5 rings (SSSR count). The smallest absolute Gasteiger partial charge is 0.413 e. The van der Waals surface area contributed by atoms with Crippen LogP contribution in [0.25, 0.3) is 5.69 Å². The molecule has 2 N–H and O–H groups in total. The monoisotopic (exact) mass is 681 g/mol. The first-order chi connectivity index (χ1) is 22.1. The number of carbonyl (C=O) groups is 2. The van der Waals surface area contributed by atoms with Gasteiger partial charge in [0.2, 0.25) is 11.7 Å². The number of fused-ring (bicyclic) bond motifs is 1. The van der Waals surface area contributed by atoms with Crippen molar-refractivity contribution in [2.45, 2.75) is 58.8 Å². The average Bonchev–Trinajstić information content (AvgIpc) is 3.22. The molecule has 3 aromatic carbocycles. The number of hydrogen-bond donors (Lipinski definition) is 2. The molecule has 4 aromatic rings. The molecule has 1 aromatic heterocycles. The van der Waals surface area contributed by atoms with E-state index >= 15 is 0 Å². The van der Waals surface area contributed by atoms with Crippen LogP contribution in [-0.2, 0) is 32.8 Å². The number of ether oxygens (including phenoxy) is 3. The van der Waals surface area contributed by atoms with Crippen molar-refractivity contribution in [2.24, 2.45) is 0 Å². The van der Waals surface area contributed by atoms with Gasteiger partial charge >= 0.3 is 11.8 Å². The number of benzene rings is 3. The van der Waals surface area contributed by atoms with Gasteiger partial charge in [-0.25, -0.2) is 9.59 Å². The Morgan fingerprint density at radius 1 is 1.00 bits per heavy atom. The molecule has 0 saturated heterocycles. The van der Waals surface area contributed by atoms with E-state index in [2.05, 4.69) is 15.7 Å². The highest BCUT2D eigenvalue weighted by molar-refractivity contribution is 6.37. The topological polar surface area (TPSA) is 143 Å². The summed E-state index contributed by atoms with van der Waals surface area (Å²) in [5, 5.41) is 9.36. The van der Waals surface area contributed by atoms with Crippen molar-refractivity contribution in [3.63, 3.8) is 0 Å². The van der Waals surface area contributed by atoms with Crippen LogP contribution < -0.4 is 26.6 Å². The minimum absolute atomic E-state index is 0.00687. The molecule has 0 spiro atoms. The van der Waals surface area contributed by atoms with E-state index in [1.807, 2.05) is 30.3 Å². The van der Waals surface area contributed by atoms with Gasteiger partial charge in [0.1, 0.15) is 11.4 Å². The van der Waals surface area contributed by atoms with Gasteiger partial charge in [0.25, 0.3) is 5.56 Å². The fourth-order valence-electron chi connectivity index (χ4n) is 4.78. The van der Waals surface area contributed by atoms with Gasteiger partial charge in [-0.15, -0.1) is 5.10 Å². The Bertz CT molecular complexity index is 1940. The van der Waals surface area contributed by atoms with Gasteiger partial charge < -0.3 is 19.5 Å². The second kappa shape index (κ2) is 13.2. The number of nitrogens with one attached hydrogen (secondary N) is 2. The Labute approximate surface area is 280 Å². The number of aromatic nitrogens is 3. The highest BCUT2D eigenvalue weighted by Crippen LogP contribution is 2.42. The van der Waals surface area contributed by atoms with E-state index < -0.39 is 34.2 Å². The van der Waals surface area contributed by atoms with Crippen molar-refractivity contribution in [1.29, 1.82) is 0 Å². The van der Waals surface area contributed by atoms with Gasteiger partial charge in [0.05, 0.1) is 40.9 Å². The number of hydrogen-bond acceptors (Lipinski definition) is 8. The van der Waals surface area contributed by atoms with Crippen LogP contribution in [0.4, 0.5) is 16.3 Å². The largest absolute Gasteiger partial charge is 0.454 e. The molecule has 0 atom stereocenters. The molecule has 0 unspecified atom stereocenters. The summed E-state index contributed by atoms with van der Waals surface area (Å²) in [4.78, 5) is 51.9. The van der Waals surface area contributed by atoms with Crippen LogP contribution >= 0.6 is 23.2 Å². The summed E-state index contributed by atoms with van der Waals surface area (Å²) in [5.74, 6) is -0.117. The number of carbonyl (C=O) groups excluding carboxylic acids is 2. The van der Waals surface area contributed by atoms with Gasteiger partial charge in [0, 0.05) is 5.69 Å². The Hall–Kier alpha value is -4.65. The minimum atomic E-state index is -0.937. The van der Waals surface area contributed by atoms with Crippen LogP contribution in [-0.4, -0.2) is 38.6 Å². The molecule has 246 valence electrons. The first-order valence-electron chi connectivity index (χ1n) is 14.6. The number of anilines is 2. The van der Waals surface area contributed by atoms with E-state index in [1.165, 1.54) is 12.1 Å². The third-order valence-corrected chi connectivity index (χ3v) is 7.74. The molecule has 0 radical (unpaired) electrons. The molecule has 14 heteroatoms. The van der Waals surface area contributed by atoms with Crippen molar-refractivity contribution < 1.29 is 23.8 Å². The second-order valence-corrected chi connectivity index (χ2v) is 13.1. The zero-order valence-electron chi connectivity index (χ0n) is 26.4. The quantitative estimate of drug-likeness (QED) is 0.196. The van der Waals surface area contributed by atoms with E-state index in [-0.39, 0.29) is 47.1 Å². The van der Waals surface area contributed by atoms with Crippen LogP contribution in [0.15, 0.2) is 70.3 Å². The molecule has 2 amide bonds. The summed E-state index contributed by atoms with van der Waals surface area (Å²) >= 11 is 13.2. The summed E-state index contributed by atoms with van der Waals surface area (Å²) in [6.07, 6.45) is -0.937. The normalized spacial score (nSPS) is 13.6. The van der Waals surface area contributed by atoms with E-state index in [9.17, 15) is 19.2 Å². The summed E-state index contributed by atoms with van der Waals surface area (Å²) in [6, 6.07) is 17.3. The van der Waals surface area contributed by atoms with Crippen molar-refractivity contribution in [2.75, 3.05) is 17.2 Å². The molecule has 0 fully saturated rings. The molecule has 0 bridgehead atoms. The molecule has 0 saturated carbocycles. The summed E-state index contributed by atoms with van der Waals surface area (Å²) in [5.41, 5.74) is -0.869. The second-order valence-electron chi connectivity index (χ2n) is 12.3. The first-order valence-corrected chi connectivity index (χ1v) is 15.4. The zero-order chi connectivity index (χ0) is 34.1. The lowest BCUT2D eigenvalue weighted by atomic mass is 9.86. The Morgan fingerprint density at radius 3 is 2.34 bits per heavy atom. The lowest BCUT2D eigenvalue weighted by Crippen LogP contribution is -2.43. The highest BCUT2D eigenvalue weighted by Gasteiger charge is 2.38. The van der Waals surface area contributed by atoms with Crippen molar-refractivity contribution in [1.82, 2.24) is 14.3 Å². The molecular weight excluding hydrogens is 649 g/mol. The maximum Gasteiger partial charge on any atom is 0.413 e. The lowest BCUT2D eigenvalue weighted by molar-refractivity contribution is -0.119. The number of halogens is 2. The molecule has 1 aliphatic rings. The third-order valence-electron chi connectivity index (χ3n) is 7.18. The fourth-order valence-corrected chi connectivity index (χ4v) is 5.33. The van der Waals surface area contributed by atoms with Gasteiger partial charge in [-0.2, -0.15) is 4.68 Å². The minimum Gasteiger partial charge on any atom is -0.454 e. The maximum absolute atomic E-state index is 13.6. The molecular formula is C33H33Cl2N5O7. The molecule has 0 aliphatic carbocycles. The SMILES string of the molecule is CC(C)(C)OC(=O)Nc1nn(-c2cc(Cl)c(Oc3ccc4c(c3)C(C)(C)C(=O)N4)c(Cl)c2)c(=O)n(CCOCc2ccccc2)c1=O. The van der Waals surface area contributed by atoms with Crippen LogP contribution in [0.5, 0.6) is 11.5 Å². The van der Waals surface area contributed by atoms with Crippen molar-refractivity contribution in [3.05, 3.63) is 103 Å². The summed E-state index contributed by atoms with van der Waals surface area (Å²) in [7, 11) is 0. The number of nitrogens with zero attached hydrogens (tertiary/aromatic N) is 3. The first kappa shape index (κ1) is 33.7. The maximum atomic E-state index is 13.6. The number of amides is 2. The molecule has 2 heterocycles. The highest BCUT2D eigenvalue weighted by atomic mass is 35.5. The van der Waals surface area contributed by atoms with Crippen molar-refractivity contribution in [3.8, 4) is 17.2 Å². The predicted octanol–water partition coefficient (Wildman–Crippen LogP) is 6.29. The van der Waals surface area contributed by atoms with Gasteiger partial charge in [-0.3, -0.25) is 19.5 Å². The third kappa shape index (κ3) is 7.51. The van der Waals surface area contributed by atoms with E-state index in [0.717, 1.165) is 20.4 Å². The Balaban J connectivity index is 1.47. The van der Waals surface area contributed by atoms with Crippen LogP contribution in [0.1, 0.15) is 45.7 Å². The van der Waals surface area contributed by atoms with Crippen LogP contribution in [0.3, 0.4) is 0 Å². The summed E-state index contributed by atoms with van der Waals surface area (Å²) in [6.45, 7) is 8.72. The Morgan fingerprint density at radius 2 is 1.68 bits per heavy atom. The lowest BCUT2D eigenvalue weighted by Gasteiger charge is -2.20.